The zero-order valence-corrected chi connectivity index (χ0v) is 12.4. The van der Waals surface area contributed by atoms with Gasteiger partial charge in [0, 0.05) is 18.0 Å². The van der Waals surface area contributed by atoms with Crippen molar-refractivity contribution >= 4 is 39.3 Å². The van der Waals surface area contributed by atoms with E-state index in [1.165, 1.54) is 4.31 Å². The van der Waals surface area contributed by atoms with Crippen LogP contribution >= 0.6 is 23.4 Å². The van der Waals surface area contributed by atoms with Crippen LogP contribution < -0.4 is 4.72 Å². The molecule has 1 N–H and O–H groups in total. The zero-order chi connectivity index (χ0) is 13.9. The van der Waals surface area contributed by atoms with Gasteiger partial charge in [0.2, 0.25) is 0 Å². The largest absolute Gasteiger partial charge is 0.301 e. The number of nitrogens with one attached hydrogen (secondary N) is 1. The molecule has 1 fully saturated rings. The van der Waals surface area contributed by atoms with E-state index in [9.17, 15) is 8.42 Å². The topological polar surface area (TPSA) is 73.2 Å². The molecule has 0 aromatic heterocycles. The lowest BCUT2D eigenvalue weighted by atomic mass is 10.3. The Morgan fingerprint density at radius 1 is 1.37 bits per heavy atom. The molecule has 0 aliphatic carbocycles. The van der Waals surface area contributed by atoms with Crippen LogP contribution in [-0.2, 0) is 10.2 Å². The number of thiocyanates is 1. The minimum atomic E-state index is -3.53. The van der Waals surface area contributed by atoms with Gasteiger partial charge in [0.25, 0.3) is 0 Å². The van der Waals surface area contributed by atoms with Gasteiger partial charge in [-0.05, 0) is 42.8 Å². The molecule has 0 amide bonds. The van der Waals surface area contributed by atoms with E-state index in [0.717, 1.165) is 24.6 Å². The molecule has 2 rings (SSSR count). The molecule has 1 aromatic carbocycles. The lowest BCUT2D eigenvalue weighted by molar-refractivity contribution is 0.482. The fourth-order valence-electron chi connectivity index (χ4n) is 1.83. The number of hydrogen-bond donors (Lipinski definition) is 1. The predicted octanol–water partition coefficient (Wildman–Crippen LogP) is 2.67. The normalized spacial score (nSPS) is 16.2. The van der Waals surface area contributed by atoms with Crippen LogP contribution in [0.15, 0.2) is 23.1 Å². The van der Waals surface area contributed by atoms with Crippen molar-refractivity contribution in [3.63, 3.8) is 0 Å². The summed E-state index contributed by atoms with van der Waals surface area (Å²) in [6.45, 7) is 1.07. The minimum absolute atomic E-state index is 0.281. The number of hydrogen-bond acceptors (Lipinski definition) is 4. The van der Waals surface area contributed by atoms with Crippen LogP contribution in [0, 0.1) is 10.7 Å². The summed E-state index contributed by atoms with van der Waals surface area (Å²) in [6.07, 6.45) is 1.76. The second-order valence-corrected chi connectivity index (χ2v) is 6.98. The van der Waals surface area contributed by atoms with Crippen LogP contribution in [0.2, 0.25) is 5.02 Å². The van der Waals surface area contributed by atoms with Crippen LogP contribution in [0.5, 0.6) is 0 Å². The molecule has 1 aromatic rings. The Labute approximate surface area is 121 Å². The van der Waals surface area contributed by atoms with Gasteiger partial charge in [0.1, 0.15) is 5.40 Å². The van der Waals surface area contributed by atoms with E-state index in [4.69, 9.17) is 16.9 Å². The van der Waals surface area contributed by atoms with Crippen molar-refractivity contribution in [2.45, 2.75) is 17.7 Å². The van der Waals surface area contributed by atoms with E-state index in [2.05, 4.69) is 4.72 Å². The summed E-state index contributed by atoms with van der Waals surface area (Å²) >= 11 is 6.98. The average molecular weight is 318 g/mol. The Balaban J connectivity index is 2.17. The number of thioether (sulfide) groups is 1. The summed E-state index contributed by atoms with van der Waals surface area (Å²) in [5.74, 6) is 0. The zero-order valence-electron chi connectivity index (χ0n) is 9.97. The first-order valence-electron chi connectivity index (χ1n) is 5.66. The van der Waals surface area contributed by atoms with Crippen molar-refractivity contribution in [3.05, 3.63) is 23.2 Å². The van der Waals surface area contributed by atoms with Crippen molar-refractivity contribution in [2.75, 3.05) is 17.8 Å². The molecule has 0 spiro atoms. The third-order valence-electron chi connectivity index (χ3n) is 2.75. The maximum Gasteiger partial charge on any atom is 0.301 e. The fourth-order valence-corrected chi connectivity index (χ4v) is 3.92. The first-order chi connectivity index (χ1) is 9.03. The summed E-state index contributed by atoms with van der Waals surface area (Å²) in [5.41, 5.74) is 0.329. The van der Waals surface area contributed by atoms with Crippen molar-refractivity contribution in [1.82, 2.24) is 4.31 Å². The molecule has 1 aliphatic heterocycles. The molecule has 0 radical (unpaired) electrons. The smallest absolute Gasteiger partial charge is 0.269 e. The van der Waals surface area contributed by atoms with Gasteiger partial charge in [-0.1, -0.05) is 11.6 Å². The highest BCUT2D eigenvalue weighted by molar-refractivity contribution is 8.03. The third kappa shape index (κ3) is 3.54. The molecule has 5 nitrogen and oxygen atoms in total. The summed E-state index contributed by atoms with van der Waals surface area (Å²) in [7, 11) is -3.53. The van der Waals surface area contributed by atoms with Gasteiger partial charge in [0.05, 0.1) is 10.7 Å². The first-order valence-corrected chi connectivity index (χ1v) is 8.30. The highest BCUT2D eigenvalue weighted by atomic mass is 35.5. The summed E-state index contributed by atoms with van der Waals surface area (Å²) in [5, 5.41) is 10.8. The van der Waals surface area contributed by atoms with Gasteiger partial charge < -0.3 is 0 Å². The maximum absolute atomic E-state index is 12.1. The quantitative estimate of drug-likeness (QED) is 0.684. The van der Waals surface area contributed by atoms with E-state index in [0.29, 0.717) is 23.7 Å². The Bertz CT molecular complexity index is 607. The highest BCUT2D eigenvalue weighted by Crippen LogP contribution is 2.29. The first kappa shape index (κ1) is 14.5. The molecule has 1 saturated heterocycles. The number of halogens is 1. The Kier molecular flexibility index (Phi) is 4.58. The number of nitrogens with zero attached hydrogens (tertiary/aromatic N) is 2. The van der Waals surface area contributed by atoms with E-state index < -0.39 is 10.2 Å². The van der Waals surface area contributed by atoms with Gasteiger partial charge >= 0.3 is 10.2 Å². The Hall–Kier alpha value is -0.940. The van der Waals surface area contributed by atoms with E-state index in [1.807, 2.05) is 5.40 Å². The maximum atomic E-state index is 12.1. The Morgan fingerprint density at radius 2 is 2.05 bits per heavy atom. The van der Waals surface area contributed by atoms with Crippen molar-refractivity contribution in [1.29, 1.82) is 5.26 Å². The number of nitriles is 1. The number of anilines is 1. The summed E-state index contributed by atoms with van der Waals surface area (Å²) in [4.78, 5) is 0.677. The van der Waals surface area contributed by atoms with Crippen LogP contribution in [0.25, 0.3) is 0 Å². The SMILES string of the molecule is N#CSc1ccc(NS(=O)(=O)N2CCCC2)c(Cl)c1. The number of benzene rings is 1. The van der Waals surface area contributed by atoms with Gasteiger partial charge in [-0.2, -0.15) is 18.0 Å². The Morgan fingerprint density at radius 3 is 2.63 bits per heavy atom. The molecule has 0 bridgehead atoms. The monoisotopic (exact) mass is 317 g/mol. The lowest BCUT2D eigenvalue weighted by Crippen LogP contribution is -2.33. The molecule has 0 atom stereocenters. The van der Waals surface area contributed by atoms with Crippen LogP contribution in [0.1, 0.15) is 12.8 Å². The summed E-state index contributed by atoms with van der Waals surface area (Å²) < 4.78 is 28.0. The van der Waals surface area contributed by atoms with Gasteiger partial charge in [-0.15, -0.1) is 0 Å². The van der Waals surface area contributed by atoms with Gasteiger partial charge in [-0.3, -0.25) is 4.72 Å². The standard InChI is InChI=1S/C11H12ClN3O2S2/c12-10-7-9(18-8-13)3-4-11(10)14-19(16,17)15-5-1-2-6-15/h3-4,7,14H,1-2,5-6H2. The summed E-state index contributed by atoms with van der Waals surface area (Å²) in [6, 6.07) is 4.79. The second kappa shape index (κ2) is 6.01. The number of rotatable bonds is 4. The molecular formula is C11H12ClN3O2S2. The molecule has 1 aliphatic rings. The molecule has 0 saturated carbocycles. The van der Waals surface area contributed by atoms with E-state index >= 15 is 0 Å². The third-order valence-corrected chi connectivity index (χ3v) is 5.16. The highest BCUT2D eigenvalue weighted by Gasteiger charge is 2.25. The molecular weight excluding hydrogens is 306 g/mol. The molecule has 19 heavy (non-hydrogen) atoms. The molecule has 0 unspecified atom stereocenters. The van der Waals surface area contributed by atoms with Crippen LogP contribution in [-0.4, -0.2) is 25.8 Å². The fraction of sp³-hybridized carbons (Fsp3) is 0.364. The lowest BCUT2D eigenvalue weighted by Gasteiger charge is -2.17. The van der Waals surface area contributed by atoms with Crippen molar-refractivity contribution in [3.8, 4) is 5.40 Å². The average Bonchev–Trinajstić information content (AvgIpc) is 2.87. The molecule has 1 heterocycles. The minimum Gasteiger partial charge on any atom is -0.269 e. The van der Waals surface area contributed by atoms with E-state index in [-0.39, 0.29) is 5.02 Å². The van der Waals surface area contributed by atoms with Crippen molar-refractivity contribution < 1.29 is 8.42 Å². The van der Waals surface area contributed by atoms with E-state index in [1.54, 1.807) is 18.2 Å². The molecule has 8 heteroatoms. The van der Waals surface area contributed by atoms with Crippen LogP contribution in [0.3, 0.4) is 0 Å². The van der Waals surface area contributed by atoms with Gasteiger partial charge in [0.15, 0.2) is 0 Å². The predicted molar refractivity (Wildman–Crippen MR) is 76.3 cm³/mol. The van der Waals surface area contributed by atoms with Gasteiger partial charge in [-0.25, -0.2) is 0 Å². The van der Waals surface area contributed by atoms with Crippen LogP contribution in [0.4, 0.5) is 5.69 Å². The molecule has 102 valence electrons. The van der Waals surface area contributed by atoms with Crippen molar-refractivity contribution in [2.24, 2.45) is 0 Å². The second-order valence-electron chi connectivity index (χ2n) is 4.05.